The number of hydrogen-bond acceptors (Lipinski definition) is 5. The van der Waals surface area contributed by atoms with Crippen LogP contribution < -0.4 is 0 Å². The molecule has 6 rings (SSSR count). The lowest BCUT2D eigenvalue weighted by Crippen LogP contribution is -2.56. The number of likely N-dealkylation sites (tertiary alicyclic amines) is 1. The van der Waals surface area contributed by atoms with Crippen LogP contribution in [0.5, 0.6) is 0 Å². The number of rotatable bonds is 7. The molecule has 1 aromatic carbocycles. The third-order valence-electron chi connectivity index (χ3n) is 8.75. The first-order chi connectivity index (χ1) is 15.9. The second-order valence-electron chi connectivity index (χ2n) is 11.1. The first-order valence-corrected chi connectivity index (χ1v) is 12.7. The first kappa shape index (κ1) is 22.7. The fourth-order valence-corrected chi connectivity index (χ4v) is 7.24. The minimum absolute atomic E-state index is 0.00794. The van der Waals surface area contributed by atoms with Crippen LogP contribution in [0.2, 0.25) is 0 Å². The van der Waals surface area contributed by atoms with E-state index in [0.717, 1.165) is 58.5 Å². The molecule has 0 N–H and O–H groups in total. The molecule has 3 aliphatic carbocycles. The van der Waals surface area contributed by atoms with E-state index < -0.39 is 5.92 Å². The lowest BCUT2D eigenvalue weighted by Gasteiger charge is -2.52. The van der Waals surface area contributed by atoms with E-state index in [1.54, 1.807) is 0 Å². The van der Waals surface area contributed by atoms with Crippen LogP contribution in [0, 0.1) is 29.1 Å². The number of Topliss-reactive ketones (excluding diaryl/α,β-unsaturated/α-hetero) is 1. The summed E-state index contributed by atoms with van der Waals surface area (Å²) in [5.41, 5.74) is 1.03. The number of benzene rings is 1. The van der Waals surface area contributed by atoms with Crippen LogP contribution in [-0.4, -0.2) is 71.6 Å². The number of amides is 2. The van der Waals surface area contributed by atoms with E-state index >= 15 is 0 Å². The summed E-state index contributed by atoms with van der Waals surface area (Å²) >= 11 is 0. The van der Waals surface area contributed by atoms with Crippen LogP contribution >= 0.6 is 0 Å². The van der Waals surface area contributed by atoms with Crippen LogP contribution in [0.1, 0.15) is 45.1 Å². The number of carbonyl (C=O) groups excluding carboxylic acids is 3. The molecule has 2 bridgehead atoms. The molecule has 0 radical (unpaired) electrons. The van der Waals surface area contributed by atoms with Crippen molar-refractivity contribution >= 4 is 17.6 Å². The summed E-state index contributed by atoms with van der Waals surface area (Å²) in [5.74, 6) is -0.597. The monoisotopic (exact) mass is 451 g/mol. The van der Waals surface area contributed by atoms with E-state index in [1.807, 2.05) is 0 Å². The van der Waals surface area contributed by atoms with Gasteiger partial charge in [-0.25, -0.2) is 0 Å². The van der Waals surface area contributed by atoms with Gasteiger partial charge in [-0.2, -0.15) is 0 Å². The highest BCUT2D eigenvalue weighted by molar-refractivity contribution is 6.09. The minimum Gasteiger partial charge on any atom is -0.301 e. The number of hydrogen-bond donors (Lipinski definition) is 0. The summed E-state index contributed by atoms with van der Waals surface area (Å²) < 4.78 is 0. The molecular formula is C27H37N3O3. The van der Waals surface area contributed by atoms with Gasteiger partial charge >= 0.3 is 0 Å². The highest BCUT2D eigenvalue weighted by atomic mass is 16.2. The Balaban J connectivity index is 1.08. The largest absolute Gasteiger partial charge is 0.301 e. The normalized spacial score (nSPS) is 34.8. The quantitative estimate of drug-likeness (QED) is 0.471. The van der Waals surface area contributed by atoms with Gasteiger partial charge in [0.05, 0.1) is 11.8 Å². The van der Waals surface area contributed by atoms with Gasteiger partial charge in [0.2, 0.25) is 11.8 Å². The zero-order valence-corrected chi connectivity index (χ0v) is 20.0. The lowest BCUT2D eigenvalue weighted by atomic mass is 9.48. The maximum Gasteiger partial charge on any atom is 0.233 e. The SMILES string of the molecule is CC1C[C@]2(C)CC(=O)[C@H]1C1C(=O)N(CCCCN3CCN(Cc4ccccc4)CC3)C(=O)C12. The lowest BCUT2D eigenvalue weighted by molar-refractivity contribution is -0.157. The smallest absolute Gasteiger partial charge is 0.233 e. The summed E-state index contributed by atoms with van der Waals surface area (Å²) in [7, 11) is 0. The van der Waals surface area contributed by atoms with Gasteiger partial charge in [0.25, 0.3) is 0 Å². The zero-order chi connectivity index (χ0) is 23.2. The standard InChI is InChI=1S/C27H37N3O3/c1-19-16-27(2)17-21(31)22(19)23-24(27)26(33)30(25(23)32)11-7-6-10-28-12-14-29(15-13-28)18-20-8-4-3-5-9-20/h3-5,8-9,19,22-24H,6-7,10-18H2,1-2H3/t19?,22-,23?,24?,27+/m0/s1. The molecule has 5 atom stereocenters. The Kier molecular flexibility index (Phi) is 6.17. The van der Waals surface area contributed by atoms with E-state index in [2.05, 4.69) is 54.0 Å². The number of nitrogens with zero attached hydrogens (tertiary/aromatic N) is 3. The van der Waals surface area contributed by atoms with Crippen molar-refractivity contribution in [3.63, 3.8) is 0 Å². The molecular weight excluding hydrogens is 414 g/mol. The highest BCUT2D eigenvalue weighted by Gasteiger charge is 2.66. The highest BCUT2D eigenvalue weighted by Crippen LogP contribution is 2.60. The van der Waals surface area contributed by atoms with E-state index in [0.29, 0.717) is 13.0 Å². The molecule has 3 saturated carbocycles. The number of imide groups is 1. The van der Waals surface area contributed by atoms with Gasteiger partial charge in [-0.1, -0.05) is 44.2 Å². The van der Waals surface area contributed by atoms with Crippen molar-refractivity contribution in [2.75, 3.05) is 39.3 Å². The molecule has 178 valence electrons. The molecule has 1 aromatic rings. The van der Waals surface area contributed by atoms with E-state index in [9.17, 15) is 14.4 Å². The zero-order valence-electron chi connectivity index (χ0n) is 20.0. The van der Waals surface area contributed by atoms with Gasteiger partial charge in [-0.05, 0) is 42.7 Å². The Morgan fingerprint density at radius 1 is 0.879 bits per heavy atom. The molecule has 3 unspecified atom stereocenters. The van der Waals surface area contributed by atoms with Crippen molar-refractivity contribution in [2.24, 2.45) is 29.1 Å². The van der Waals surface area contributed by atoms with Crippen LogP contribution in [0.25, 0.3) is 0 Å². The Morgan fingerprint density at radius 3 is 2.24 bits per heavy atom. The number of piperazine rings is 1. The molecule has 33 heavy (non-hydrogen) atoms. The third kappa shape index (κ3) is 4.17. The average molecular weight is 452 g/mol. The molecule has 6 nitrogen and oxygen atoms in total. The molecule has 2 amide bonds. The Hall–Kier alpha value is -2.05. The van der Waals surface area contributed by atoms with Crippen molar-refractivity contribution in [1.82, 2.24) is 14.7 Å². The van der Waals surface area contributed by atoms with Gasteiger partial charge in [-0.15, -0.1) is 0 Å². The minimum atomic E-state index is -0.398. The summed E-state index contributed by atoms with van der Waals surface area (Å²) in [6.45, 7) is 11.0. The molecule has 6 heteroatoms. The summed E-state index contributed by atoms with van der Waals surface area (Å²) in [4.78, 5) is 45.6. The second kappa shape index (κ2) is 8.95. The molecule has 2 saturated heterocycles. The number of carbonyl (C=O) groups is 3. The number of unbranched alkanes of at least 4 members (excludes halogenated alkanes) is 1. The maximum absolute atomic E-state index is 13.2. The van der Waals surface area contributed by atoms with Crippen molar-refractivity contribution < 1.29 is 14.4 Å². The fraction of sp³-hybridized carbons (Fsp3) is 0.667. The van der Waals surface area contributed by atoms with Gasteiger partial charge in [0, 0.05) is 51.6 Å². The van der Waals surface area contributed by atoms with Crippen LogP contribution in [0.15, 0.2) is 30.3 Å². The summed E-state index contributed by atoms with van der Waals surface area (Å²) in [6.07, 6.45) is 3.17. The fourth-order valence-electron chi connectivity index (χ4n) is 7.24. The Labute approximate surface area is 197 Å². The van der Waals surface area contributed by atoms with Crippen LogP contribution in [0.4, 0.5) is 0 Å². The first-order valence-electron chi connectivity index (χ1n) is 12.7. The van der Waals surface area contributed by atoms with Crippen LogP contribution in [0.3, 0.4) is 0 Å². The van der Waals surface area contributed by atoms with Gasteiger partial charge in [0.15, 0.2) is 0 Å². The number of ketones is 1. The van der Waals surface area contributed by atoms with Gasteiger partial charge in [0.1, 0.15) is 5.78 Å². The molecule has 5 aliphatic rings. The molecule has 2 heterocycles. The molecule has 0 aromatic heterocycles. The summed E-state index contributed by atoms with van der Waals surface area (Å²) in [6, 6.07) is 10.6. The van der Waals surface area contributed by atoms with Crippen molar-refractivity contribution in [2.45, 2.75) is 46.1 Å². The Bertz CT molecular complexity index is 910. The predicted molar refractivity (Wildman–Crippen MR) is 126 cm³/mol. The molecule has 2 aliphatic heterocycles. The van der Waals surface area contributed by atoms with Crippen molar-refractivity contribution in [1.29, 1.82) is 0 Å². The summed E-state index contributed by atoms with van der Waals surface area (Å²) in [5, 5.41) is 0. The van der Waals surface area contributed by atoms with E-state index in [4.69, 9.17) is 0 Å². The van der Waals surface area contributed by atoms with Gasteiger partial charge < -0.3 is 4.90 Å². The number of fused-ring (bicyclic) bond motifs is 2. The Morgan fingerprint density at radius 2 is 1.55 bits per heavy atom. The van der Waals surface area contributed by atoms with Crippen molar-refractivity contribution in [3.8, 4) is 0 Å². The molecule has 5 fully saturated rings. The van der Waals surface area contributed by atoms with Crippen LogP contribution in [-0.2, 0) is 20.9 Å². The second-order valence-corrected chi connectivity index (χ2v) is 11.1. The maximum atomic E-state index is 13.2. The van der Waals surface area contributed by atoms with Crippen molar-refractivity contribution in [3.05, 3.63) is 35.9 Å². The predicted octanol–water partition coefficient (Wildman–Crippen LogP) is 2.82. The topological polar surface area (TPSA) is 60.9 Å². The average Bonchev–Trinajstić information content (AvgIpc) is 3.04. The van der Waals surface area contributed by atoms with Gasteiger partial charge in [-0.3, -0.25) is 24.2 Å². The van der Waals surface area contributed by atoms with E-state index in [1.165, 1.54) is 10.5 Å². The third-order valence-corrected chi connectivity index (χ3v) is 8.75. The van der Waals surface area contributed by atoms with E-state index in [-0.39, 0.29) is 40.8 Å². The molecule has 0 spiro atoms.